The fourth-order valence-corrected chi connectivity index (χ4v) is 2.39. The number of aliphatic carboxylic acids is 1. The van der Waals surface area contributed by atoms with E-state index in [4.69, 9.17) is 5.11 Å². The van der Waals surface area contributed by atoms with Crippen LogP contribution in [0.4, 0.5) is 0 Å². The lowest BCUT2D eigenvalue weighted by Gasteiger charge is -2.33. The molecule has 1 fully saturated rings. The van der Waals surface area contributed by atoms with Crippen LogP contribution < -0.4 is 5.32 Å². The lowest BCUT2D eigenvalue weighted by molar-refractivity contribution is -0.136. The van der Waals surface area contributed by atoms with E-state index in [0.29, 0.717) is 6.04 Å². The summed E-state index contributed by atoms with van der Waals surface area (Å²) in [6, 6.07) is 8.38. The Balaban J connectivity index is 1.92. The van der Waals surface area contributed by atoms with Gasteiger partial charge in [0.2, 0.25) is 0 Å². The number of carboxylic acid groups (broad SMARTS) is 1. The van der Waals surface area contributed by atoms with Gasteiger partial charge < -0.3 is 10.4 Å². The summed E-state index contributed by atoms with van der Waals surface area (Å²) in [5, 5.41) is 12.3. The van der Waals surface area contributed by atoms with Crippen LogP contribution in [0.25, 0.3) is 0 Å². The van der Waals surface area contributed by atoms with Gasteiger partial charge in [0.1, 0.15) is 0 Å². The highest BCUT2D eigenvalue weighted by Crippen LogP contribution is 2.26. The molecule has 0 aromatic heterocycles. The van der Waals surface area contributed by atoms with Gasteiger partial charge in [-0.05, 0) is 29.9 Å². The molecule has 2 N–H and O–H groups in total. The Morgan fingerprint density at radius 1 is 1.35 bits per heavy atom. The van der Waals surface area contributed by atoms with Crippen molar-refractivity contribution in [2.45, 2.75) is 38.8 Å². The molecule has 1 aromatic rings. The normalized spacial score (nSPS) is 23.1. The second-order valence-corrected chi connectivity index (χ2v) is 4.99. The minimum atomic E-state index is -0.769. The highest BCUT2D eigenvalue weighted by Gasteiger charge is 2.24. The van der Waals surface area contributed by atoms with Crippen molar-refractivity contribution in [1.29, 1.82) is 0 Å². The molecule has 2 rings (SSSR count). The lowest BCUT2D eigenvalue weighted by atomic mass is 9.82. The number of benzene rings is 1. The van der Waals surface area contributed by atoms with Gasteiger partial charge in [0.15, 0.2) is 0 Å². The fraction of sp³-hybridized carbons (Fsp3) is 0.500. The van der Waals surface area contributed by atoms with Gasteiger partial charge in [-0.25, -0.2) is 0 Å². The van der Waals surface area contributed by atoms with Gasteiger partial charge in [-0.3, -0.25) is 4.79 Å². The molecule has 0 unspecified atom stereocenters. The number of rotatable bonds is 5. The summed E-state index contributed by atoms with van der Waals surface area (Å²) < 4.78 is 0. The third kappa shape index (κ3) is 3.30. The van der Waals surface area contributed by atoms with Crippen LogP contribution in [0.2, 0.25) is 0 Å². The maximum absolute atomic E-state index is 10.7. The fourth-order valence-electron chi connectivity index (χ4n) is 2.39. The largest absolute Gasteiger partial charge is 0.481 e. The molecule has 0 saturated heterocycles. The third-order valence-corrected chi connectivity index (χ3v) is 3.42. The zero-order chi connectivity index (χ0) is 12.3. The number of carbonyl (C=O) groups is 1. The van der Waals surface area contributed by atoms with E-state index in [1.54, 1.807) is 0 Å². The molecule has 3 nitrogen and oxygen atoms in total. The van der Waals surface area contributed by atoms with E-state index in [2.05, 4.69) is 12.2 Å². The molecule has 0 aliphatic heterocycles. The summed E-state index contributed by atoms with van der Waals surface area (Å²) in [7, 11) is 0. The first-order chi connectivity index (χ1) is 8.15. The molecule has 0 heterocycles. The molecule has 0 radical (unpaired) electrons. The van der Waals surface area contributed by atoms with Gasteiger partial charge in [0.05, 0.1) is 6.42 Å². The van der Waals surface area contributed by atoms with Crippen LogP contribution in [-0.4, -0.2) is 17.1 Å². The molecule has 92 valence electrons. The molecular weight excluding hydrogens is 214 g/mol. The lowest BCUT2D eigenvalue weighted by Crippen LogP contribution is -2.39. The number of hydrogen-bond acceptors (Lipinski definition) is 2. The van der Waals surface area contributed by atoms with E-state index >= 15 is 0 Å². The first-order valence-corrected chi connectivity index (χ1v) is 6.17. The monoisotopic (exact) mass is 233 g/mol. The minimum absolute atomic E-state index is 0.110. The summed E-state index contributed by atoms with van der Waals surface area (Å²) in [6.45, 7) is 3.04. The number of carboxylic acids is 1. The molecular formula is C14H19NO2. The topological polar surface area (TPSA) is 49.3 Å². The molecule has 1 aliphatic rings. The molecule has 1 aliphatic carbocycles. The molecule has 0 amide bonds. The Morgan fingerprint density at radius 2 is 2.00 bits per heavy atom. The summed E-state index contributed by atoms with van der Waals surface area (Å²) in [4.78, 5) is 10.7. The second kappa shape index (κ2) is 5.32. The quantitative estimate of drug-likeness (QED) is 0.819. The molecule has 1 aromatic carbocycles. The van der Waals surface area contributed by atoms with Crippen LogP contribution in [0.1, 0.15) is 30.9 Å². The maximum Gasteiger partial charge on any atom is 0.307 e. The molecule has 0 spiro atoms. The van der Waals surface area contributed by atoms with E-state index < -0.39 is 5.97 Å². The van der Waals surface area contributed by atoms with Crippen molar-refractivity contribution in [1.82, 2.24) is 5.32 Å². The van der Waals surface area contributed by atoms with Crippen LogP contribution in [-0.2, 0) is 17.8 Å². The van der Waals surface area contributed by atoms with Gasteiger partial charge >= 0.3 is 5.97 Å². The average molecular weight is 233 g/mol. The Labute approximate surface area is 102 Å². The Kier molecular flexibility index (Phi) is 3.79. The first-order valence-electron chi connectivity index (χ1n) is 6.17. The van der Waals surface area contributed by atoms with Gasteiger partial charge in [-0.15, -0.1) is 0 Å². The van der Waals surface area contributed by atoms with Crippen LogP contribution in [0, 0.1) is 5.92 Å². The predicted octanol–water partition coefficient (Wildman–Crippen LogP) is 2.20. The molecule has 0 bridgehead atoms. The van der Waals surface area contributed by atoms with E-state index in [0.717, 1.165) is 23.6 Å². The summed E-state index contributed by atoms with van der Waals surface area (Å²) >= 11 is 0. The zero-order valence-corrected chi connectivity index (χ0v) is 10.1. The highest BCUT2D eigenvalue weighted by molar-refractivity contribution is 5.70. The highest BCUT2D eigenvalue weighted by atomic mass is 16.4. The second-order valence-electron chi connectivity index (χ2n) is 4.99. The predicted molar refractivity (Wildman–Crippen MR) is 66.8 cm³/mol. The summed E-state index contributed by atoms with van der Waals surface area (Å²) in [5.41, 5.74) is 2.02. The molecule has 0 atom stereocenters. The number of hydrogen-bond donors (Lipinski definition) is 2. The van der Waals surface area contributed by atoms with E-state index in [-0.39, 0.29) is 6.42 Å². The van der Waals surface area contributed by atoms with Crippen LogP contribution >= 0.6 is 0 Å². The van der Waals surface area contributed by atoms with E-state index in [9.17, 15) is 4.79 Å². The maximum atomic E-state index is 10.7. The zero-order valence-electron chi connectivity index (χ0n) is 10.1. The van der Waals surface area contributed by atoms with E-state index in [1.165, 1.54) is 12.8 Å². The van der Waals surface area contributed by atoms with Gasteiger partial charge in [0.25, 0.3) is 0 Å². The van der Waals surface area contributed by atoms with Crippen molar-refractivity contribution >= 4 is 5.97 Å². The van der Waals surface area contributed by atoms with Gasteiger partial charge in [-0.1, -0.05) is 31.2 Å². The summed E-state index contributed by atoms with van der Waals surface area (Å²) in [6.07, 6.45) is 2.58. The molecule has 1 saturated carbocycles. The molecule has 17 heavy (non-hydrogen) atoms. The minimum Gasteiger partial charge on any atom is -0.481 e. The van der Waals surface area contributed by atoms with Gasteiger partial charge in [-0.2, -0.15) is 0 Å². The van der Waals surface area contributed by atoms with Crippen LogP contribution in [0.3, 0.4) is 0 Å². The SMILES string of the molecule is CC1CC(NCc2ccccc2CC(=O)O)C1. The van der Waals surface area contributed by atoms with Crippen molar-refractivity contribution in [3.8, 4) is 0 Å². The van der Waals surface area contributed by atoms with Crippen molar-refractivity contribution in [2.24, 2.45) is 5.92 Å². The van der Waals surface area contributed by atoms with Crippen molar-refractivity contribution in [3.63, 3.8) is 0 Å². The van der Waals surface area contributed by atoms with Crippen molar-refractivity contribution in [2.75, 3.05) is 0 Å². The van der Waals surface area contributed by atoms with Crippen LogP contribution in [0.15, 0.2) is 24.3 Å². The Bertz CT molecular complexity index is 397. The first kappa shape index (κ1) is 12.1. The third-order valence-electron chi connectivity index (χ3n) is 3.42. The van der Waals surface area contributed by atoms with Crippen molar-refractivity contribution in [3.05, 3.63) is 35.4 Å². The standard InChI is InChI=1S/C14H19NO2/c1-10-6-13(7-10)15-9-12-5-3-2-4-11(12)8-14(16)17/h2-5,10,13,15H,6-9H2,1H3,(H,16,17). The smallest absolute Gasteiger partial charge is 0.307 e. The van der Waals surface area contributed by atoms with E-state index in [1.807, 2.05) is 24.3 Å². The Hall–Kier alpha value is -1.35. The van der Waals surface area contributed by atoms with Gasteiger partial charge in [0, 0.05) is 12.6 Å². The average Bonchev–Trinajstić information content (AvgIpc) is 2.24. The van der Waals surface area contributed by atoms with Crippen molar-refractivity contribution < 1.29 is 9.90 Å². The summed E-state index contributed by atoms with van der Waals surface area (Å²) in [5.74, 6) is 0.0662. The molecule has 3 heteroatoms. The van der Waals surface area contributed by atoms with Crippen LogP contribution in [0.5, 0.6) is 0 Å². The Morgan fingerprint density at radius 3 is 2.59 bits per heavy atom. The number of nitrogens with one attached hydrogen (secondary N) is 1.